The minimum atomic E-state index is -0.318. The first-order valence-electron chi connectivity index (χ1n) is 9.40. The van der Waals surface area contributed by atoms with Gasteiger partial charge >= 0.3 is 0 Å². The minimum absolute atomic E-state index is 0.0379. The third kappa shape index (κ3) is 4.68. The Morgan fingerprint density at radius 1 is 1.25 bits per heavy atom. The lowest BCUT2D eigenvalue weighted by atomic mass is 9.95. The zero-order valence-electron chi connectivity index (χ0n) is 16.2. The first-order valence-corrected chi connectivity index (χ1v) is 9.40. The number of ether oxygens (including phenoxy) is 1. The molecule has 0 aromatic heterocycles. The number of hydrogen-bond acceptors (Lipinski definition) is 3. The molecule has 2 aromatic rings. The van der Waals surface area contributed by atoms with E-state index in [1.54, 1.807) is 18.1 Å². The maximum Gasteiger partial charge on any atom is 0.225 e. The Morgan fingerprint density at radius 2 is 2.04 bits per heavy atom. The molecule has 148 valence electrons. The fraction of sp³-hybridized carbons (Fsp3) is 0.364. The largest absolute Gasteiger partial charge is 0.496 e. The zero-order valence-corrected chi connectivity index (χ0v) is 16.2. The van der Waals surface area contributed by atoms with Crippen LogP contribution in [0.15, 0.2) is 42.5 Å². The van der Waals surface area contributed by atoms with Crippen molar-refractivity contribution in [3.63, 3.8) is 0 Å². The van der Waals surface area contributed by atoms with Crippen molar-refractivity contribution >= 4 is 11.8 Å². The Hall–Kier alpha value is -2.89. The molecule has 5 nitrogen and oxygen atoms in total. The number of nitrogens with one attached hydrogen (secondary N) is 1. The number of para-hydroxylation sites is 1. The van der Waals surface area contributed by atoms with Gasteiger partial charge < -0.3 is 15.0 Å². The van der Waals surface area contributed by atoms with E-state index in [0.29, 0.717) is 25.9 Å². The Morgan fingerprint density at radius 3 is 2.82 bits per heavy atom. The molecule has 1 N–H and O–H groups in total. The van der Waals surface area contributed by atoms with Gasteiger partial charge in [-0.1, -0.05) is 24.3 Å². The van der Waals surface area contributed by atoms with Crippen LogP contribution in [0.1, 0.15) is 29.5 Å². The maximum absolute atomic E-state index is 13.4. The van der Waals surface area contributed by atoms with Gasteiger partial charge in [-0.25, -0.2) is 4.39 Å². The Labute approximate surface area is 164 Å². The molecular weight excluding hydrogens is 359 g/mol. The molecule has 0 aliphatic carbocycles. The van der Waals surface area contributed by atoms with Crippen molar-refractivity contribution in [2.45, 2.75) is 32.9 Å². The van der Waals surface area contributed by atoms with E-state index in [1.807, 2.05) is 31.2 Å². The van der Waals surface area contributed by atoms with E-state index in [-0.39, 0.29) is 30.1 Å². The van der Waals surface area contributed by atoms with Crippen molar-refractivity contribution in [3.8, 4) is 5.75 Å². The lowest BCUT2D eigenvalue weighted by molar-refractivity contribution is -0.139. The fourth-order valence-electron chi connectivity index (χ4n) is 3.48. The Kier molecular flexibility index (Phi) is 6.29. The van der Waals surface area contributed by atoms with Crippen molar-refractivity contribution in [2.75, 3.05) is 13.7 Å². The van der Waals surface area contributed by atoms with Crippen LogP contribution in [0, 0.1) is 18.7 Å². The molecule has 1 atom stereocenters. The van der Waals surface area contributed by atoms with Gasteiger partial charge in [0, 0.05) is 31.6 Å². The van der Waals surface area contributed by atoms with Gasteiger partial charge in [0.15, 0.2) is 0 Å². The van der Waals surface area contributed by atoms with Gasteiger partial charge in [0.25, 0.3) is 0 Å². The molecule has 2 aromatic carbocycles. The van der Waals surface area contributed by atoms with Crippen LogP contribution in [-0.2, 0) is 22.7 Å². The predicted octanol–water partition coefficient (Wildman–Crippen LogP) is 3.20. The molecule has 1 fully saturated rings. The predicted molar refractivity (Wildman–Crippen MR) is 104 cm³/mol. The number of likely N-dealkylation sites (tertiary alicyclic amines) is 1. The number of methoxy groups -OCH3 is 1. The van der Waals surface area contributed by atoms with Crippen LogP contribution in [0.5, 0.6) is 5.75 Å². The normalized spacial score (nSPS) is 16.8. The summed E-state index contributed by atoms with van der Waals surface area (Å²) in [4.78, 5) is 26.7. The van der Waals surface area contributed by atoms with Crippen molar-refractivity contribution in [3.05, 3.63) is 65.0 Å². The summed E-state index contributed by atoms with van der Waals surface area (Å²) in [6.07, 6.45) is 0.863. The van der Waals surface area contributed by atoms with E-state index in [9.17, 15) is 14.0 Å². The highest BCUT2D eigenvalue weighted by Crippen LogP contribution is 2.24. The molecule has 3 rings (SSSR count). The van der Waals surface area contributed by atoms with Crippen LogP contribution in [0.2, 0.25) is 0 Å². The molecule has 28 heavy (non-hydrogen) atoms. The van der Waals surface area contributed by atoms with E-state index < -0.39 is 0 Å². The second kappa shape index (κ2) is 8.87. The molecule has 1 aliphatic rings. The maximum atomic E-state index is 13.4. The topological polar surface area (TPSA) is 58.6 Å². The number of carbonyl (C=O) groups is 2. The number of rotatable bonds is 6. The molecule has 1 heterocycles. The number of carbonyl (C=O) groups excluding carboxylic acids is 2. The first kappa shape index (κ1) is 19.9. The quantitative estimate of drug-likeness (QED) is 0.832. The molecule has 6 heteroatoms. The molecule has 0 spiro atoms. The van der Waals surface area contributed by atoms with Gasteiger partial charge in [0.1, 0.15) is 11.6 Å². The van der Waals surface area contributed by atoms with E-state index in [1.165, 1.54) is 12.1 Å². The number of aryl methyl sites for hydroxylation is 1. The molecule has 0 radical (unpaired) electrons. The van der Waals surface area contributed by atoms with Crippen LogP contribution in [0.3, 0.4) is 0 Å². The summed E-state index contributed by atoms with van der Waals surface area (Å²) >= 11 is 0. The average Bonchev–Trinajstić information content (AvgIpc) is 2.70. The van der Waals surface area contributed by atoms with E-state index in [2.05, 4.69) is 5.32 Å². The van der Waals surface area contributed by atoms with Gasteiger partial charge in [-0.2, -0.15) is 0 Å². The second-order valence-corrected chi connectivity index (χ2v) is 7.11. The van der Waals surface area contributed by atoms with Crippen molar-refractivity contribution in [1.29, 1.82) is 0 Å². The highest BCUT2D eigenvalue weighted by Gasteiger charge is 2.30. The summed E-state index contributed by atoms with van der Waals surface area (Å²) in [6.45, 7) is 2.94. The van der Waals surface area contributed by atoms with Crippen LogP contribution < -0.4 is 10.1 Å². The van der Waals surface area contributed by atoms with Gasteiger partial charge in [-0.05, 0) is 42.7 Å². The summed E-state index contributed by atoms with van der Waals surface area (Å²) in [5, 5.41) is 2.89. The summed E-state index contributed by atoms with van der Waals surface area (Å²) in [5.41, 5.74) is 2.60. The number of nitrogens with zero attached hydrogens (tertiary/aromatic N) is 1. The second-order valence-electron chi connectivity index (χ2n) is 7.11. The molecule has 1 aliphatic heterocycles. The van der Waals surface area contributed by atoms with Gasteiger partial charge in [0.05, 0.1) is 13.0 Å². The summed E-state index contributed by atoms with van der Waals surface area (Å²) in [5.74, 6) is 0.0583. The molecule has 1 saturated heterocycles. The number of halogens is 1. The molecule has 0 bridgehead atoms. The third-order valence-electron chi connectivity index (χ3n) is 5.19. The minimum Gasteiger partial charge on any atom is -0.496 e. The van der Waals surface area contributed by atoms with E-state index in [4.69, 9.17) is 4.74 Å². The number of hydrogen-bond donors (Lipinski definition) is 1. The molecular formula is C22H25FN2O3. The SMILES string of the molecule is COc1ccccc1CN1C[C@@H](C(=O)NCc2cc(F)ccc2C)CCC1=O. The summed E-state index contributed by atoms with van der Waals surface area (Å²) < 4.78 is 18.8. The highest BCUT2D eigenvalue weighted by molar-refractivity contribution is 5.83. The Bertz CT molecular complexity index is 869. The number of benzene rings is 2. The van der Waals surface area contributed by atoms with Crippen LogP contribution in [0.4, 0.5) is 4.39 Å². The summed E-state index contributed by atoms with van der Waals surface area (Å²) in [7, 11) is 1.60. The van der Waals surface area contributed by atoms with Gasteiger partial charge in [0.2, 0.25) is 11.8 Å². The monoisotopic (exact) mass is 384 g/mol. The van der Waals surface area contributed by atoms with Crippen molar-refractivity contribution < 1.29 is 18.7 Å². The first-order chi connectivity index (χ1) is 13.5. The number of piperidine rings is 1. The molecule has 2 amide bonds. The smallest absolute Gasteiger partial charge is 0.225 e. The lowest BCUT2D eigenvalue weighted by Crippen LogP contribution is -2.45. The highest BCUT2D eigenvalue weighted by atomic mass is 19.1. The summed E-state index contributed by atoms with van der Waals surface area (Å²) in [6, 6.07) is 12.1. The Balaban J connectivity index is 1.62. The van der Waals surface area contributed by atoms with Crippen molar-refractivity contribution in [2.24, 2.45) is 5.92 Å². The van der Waals surface area contributed by atoms with Crippen LogP contribution in [-0.4, -0.2) is 30.4 Å². The van der Waals surface area contributed by atoms with E-state index >= 15 is 0 Å². The fourth-order valence-corrected chi connectivity index (χ4v) is 3.48. The molecule has 0 unspecified atom stereocenters. The average molecular weight is 384 g/mol. The van der Waals surface area contributed by atoms with Gasteiger partial charge in [-0.3, -0.25) is 9.59 Å². The third-order valence-corrected chi connectivity index (χ3v) is 5.19. The zero-order chi connectivity index (χ0) is 20.1. The lowest BCUT2D eigenvalue weighted by Gasteiger charge is -2.32. The number of amides is 2. The van der Waals surface area contributed by atoms with Crippen molar-refractivity contribution in [1.82, 2.24) is 10.2 Å². The molecule has 0 saturated carbocycles. The van der Waals surface area contributed by atoms with Crippen LogP contribution >= 0.6 is 0 Å². The van der Waals surface area contributed by atoms with Crippen LogP contribution in [0.25, 0.3) is 0 Å². The standard InChI is InChI=1S/C22H25FN2O3/c1-15-7-9-19(23)11-18(15)12-24-22(27)17-8-10-21(26)25(14-17)13-16-5-3-4-6-20(16)28-2/h3-7,9,11,17H,8,10,12-14H2,1-2H3,(H,24,27)/t17-/m0/s1. The van der Waals surface area contributed by atoms with E-state index in [0.717, 1.165) is 22.4 Å². The van der Waals surface area contributed by atoms with Gasteiger partial charge in [-0.15, -0.1) is 0 Å².